The van der Waals surface area contributed by atoms with Crippen LogP contribution < -0.4 is 20.8 Å². The Labute approximate surface area is 198 Å². The number of rotatable bonds is 5. The van der Waals surface area contributed by atoms with Crippen LogP contribution in [0, 0.1) is 6.92 Å². The van der Waals surface area contributed by atoms with Gasteiger partial charge in [-0.15, -0.1) is 0 Å². The number of primary amides is 1. The number of halogens is 1. The Bertz CT molecular complexity index is 1500. The first-order valence-electron chi connectivity index (χ1n) is 10.4. The lowest BCUT2D eigenvalue weighted by molar-refractivity contribution is -0.119. The minimum atomic E-state index is -0.789. The van der Waals surface area contributed by atoms with E-state index in [9.17, 15) is 14.4 Å². The van der Waals surface area contributed by atoms with Crippen molar-refractivity contribution in [1.82, 2.24) is 4.98 Å². The molecule has 1 atom stereocenters. The molecule has 0 saturated heterocycles. The van der Waals surface area contributed by atoms with E-state index < -0.39 is 17.9 Å². The highest BCUT2D eigenvalue weighted by molar-refractivity contribution is 6.30. The summed E-state index contributed by atoms with van der Waals surface area (Å²) >= 11 is 6.00. The maximum atomic E-state index is 13.6. The molecule has 0 fully saturated rings. The monoisotopic (exact) mass is 475 g/mol. The molecule has 4 aromatic rings. The highest BCUT2D eigenvalue weighted by Gasteiger charge is 2.44. The maximum Gasteiger partial charge on any atom is 0.296 e. The molecule has 2 aromatic carbocycles. The number of amides is 2. The first kappa shape index (κ1) is 21.7. The number of carbonyl (C=O) groups is 2. The fourth-order valence-corrected chi connectivity index (χ4v) is 4.16. The van der Waals surface area contributed by atoms with E-state index >= 15 is 0 Å². The molecule has 0 saturated carbocycles. The van der Waals surface area contributed by atoms with Crippen LogP contribution >= 0.6 is 11.6 Å². The standard InChI is InChI=1S/C25H18ClN3O5/c1-13-2-8-18-17(10-13)23(31)21-22(14-3-6-16(7-4-14)33-12-19(27)30)29(25(32)24(21)34-18)20-9-5-15(26)11-28-20/h2-11,22H,12H2,1H3,(H2,27,30). The minimum absolute atomic E-state index is 0.0304. The van der Waals surface area contributed by atoms with Gasteiger partial charge in [0, 0.05) is 6.20 Å². The van der Waals surface area contributed by atoms with Crippen LogP contribution in [0.4, 0.5) is 5.82 Å². The van der Waals surface area contributed by atoms with Crippen molar-refractivity contribution in [3.8, 4) is 5.75 Å². The zero-order chi connectivity index (χ0) is 24.0. The number of nitrogens with zero attached hydrogens (tertiary/aromatic N) is 2. The Hall–Kier alpha value is -4.17. The van der Waals surface area contributed by atoms with Crippen LogP contribution in [-0.2, 0) is 4.79 Å². The lowest BCUT2D eigenvalue weighted by Gasteiger charge is -2.24. The molecule has 170 valence electrons. The van der Waals surface area contributed by atoms with Gasteiger partial charge in [-0.05, 0) is 48.9 Å². The van der Waals surface area contributed by atoms with Crippen LogP contribution in [0.1, 0.15) is 33.3 Å². The molecule has 1 unspecified atom stereocenters. The second kappa shape index (κ2) is 8.31. The first-order chi connectivity index (χ1) is 16.3. The fourth-order valence-electron chi connectivity index (χ4n) is 4.05. The molecule has 9 heteroatoms. The van der Waals surface area contributed by atoms with Gasteiger partial charge in [0.1, 0.15) is 17.2 Å². The van der Waals surface area contributed by atoms with Crippen molar-refractivity contribution in [1.29, 1.82) is 0 Å². The smallest absolute Gasteiger partial charge is 0.296 e. The van der Waals surface area contributed by atoms with Crippen LogP contribution in [0.15, 0.2) is 70.0 Å². The number of anilines is 1. The number of fused-ring (bicyclic) bond motifs is 2. The quantitative estimate of drug-likeness (QED) is 0.469. The van der Waals surface area contributed by atoms with Crippen LogP contribution in [0.3, 0.4) is 0 Å². The van der Waals surface area contributed by atoms with Crippen molar-refractivity contribution >= 4 is 40.2 Å². The number of aromatic nitrogens is 1. The Kier molecular flexibility index (Phi) is 5.30. The summed E-state index contributed by atoms with van der Waals surface area (Å²) in [4.78, 5) is 43.9. The lowest BCUT2D eigenvalue weighted by atomic mass is 9.98. The summed E-state index contributed by atoms with van der Waals surface area (Å²) in [5.41, 5.74) is 6.94. The van der Waals surface area contributed by atoms with E-state index in [4.69, 9.17) is 26.5 Å². The molecule has 1 aliphatic heterocycles. The highest BCUT2D eigenvalue weighted by atomic mass is 35.5. The molecular formula is C25H18ClN3O5. The van der Waals surface area contributed by atoms with E-state index in [0.717, 1.165) is 5.56 Å². The van der Waals surface area contributed by atoms with Gasteiger partial charge in [0.15, 0.2) is 12.0 Å². The van der Waals surface area contributed by atoms with Crippen molar-refractivity contribution in [2.24, 2.45) is 5.73 Å². The molecule has 8 nitrogen and oxygen atoms in total. The molecule has 34 heavy (non-hydrogen) atoms. The van der Waals surface area contributed by atoms with Crippen molar-refractivity contribution in [2.45, 2.75) is 13.0 Å². The molecule has 1 aliphatic rings. The van der Waals surface area contributed by atoms with Gasteiger partial charge < -0.3 is 14.9 Å². The van der Waals surface area contributed by atoms with Crippen LogP contribution in [0.2, 0.25) is 5.02 Å². The van der Waals surface area contributed by atoms with Crippen molar-refractivity contribution in [3.05, 3.63) is 98.5 Å². The van der Waals surface area contributed by atoms with Gasteiger partial charge in [0.05, 0.1) is 22.0 Å². The molecule has 2 amide bonds. The predicted octanol–water partition coefficient (Wildman–Crippen LogP) is 3.76. The molecule has 2 N–H and O–H groups in total. The van der Waals surface area contributed by atoms with Crippen molar-refractivity contribution in [2.75, 3.05) is 11.5 Å². The first-order valence-corrected chi connectivity index (χ1v) is 10.7. The number of hydrogen-bond donors (Lipinski definition) is 1. The fraction of sp³-hybridized carbons (Fsp3) is 0.120. The van der Waals surface area contributed by atoms with E-state index in [2.05, 4.69) is 4.98 Å². The molecular weight excluding hydrogens is 458 g/mol. The average Bonchev–Trinajstić information content (AvgIpc) is 3.11. The van der Waals surface area contributed by atoms with E-state index in [1.54, 1.807) is 48.5 Å². The summed E-state index contributed by atoms with van der Waals surface area (Å²) < 4.78 is 11.3. The van der Waals surface area contributed by atoms with Gasteiger partial charge in [-0.2, -0.15) is 0 Å². The normalized spacial score (nSPS) is 14.9. The SMILES string of the molecule is Cc1ccc2oc3c(c(=O)c2c1)C(c1ccc(OCC(N)=O)cc1)N(c1ccc(Cl)cn1)C3=O. The third kappa shape index (κ3) is 3.68. The Morgan fingerprint density at radius 2 is 1.91 bits per heavy atom. The Balaban J connectivity index is 1.69. The number of benzene rings is 2. The third-order valence-electron chi connectivity index (χ3n) is 5.56. The number of ether oxygens (including phenoxy) is 1. The van der Waals surface area contributed by atoms with Crippen molar-refractivity contribution in [3.63, 3.8) is 0 Å². The summed E-state index contributed by atoms with van der Waals surface area (Å²) in [6.45, 7) is 1.61. The van der Waals surface area contributed by atoms with Crippen LogP contribution in [0.5, 0.6) is 5.75 Å². The second-order valence-corrected chi connectivity index (χ2v) is 8.35. The summed E-state index contributed by atoms with van der Waals surface area (Å²) in [5.74, 6) is -0.372. The number of aryl methyl sites for hydroxylation is 1. The number of hydrogen-bond acceptors (Lipinski definition) is 6. The van der Waals surface area contributed by atoms with E-state index in [-0.39, 0.29) is 23.4 Å². The third-order valence-corrected chi connectivity index (χ3v) is 5.78. The van der Waals surface area contributed by atoms with Gasteiger partial charge in [-0.3, -0.25) is 19.3 Å². The van der Waals surface area contributed by atoms with Gasteiger partial charge in [0.2, 0.25) is 5.76 Å². The van der Waals surface area contributed by atoms with Gasteiger partial charge in [-0.1, -0.05) is 35.4 Å². The largest absolute Gasteiger partial charge is 0.484 e. The van der Waals surface area contributed by atoms with Crippen molar-refractivity contribution < 1.29 is 18.7 Å². The van der Waals surface area contributed by atoms with Gasteiger partial charge in [0.25, 0.3) is 11.8 Å². The van der Waals surface area contributed by atoms with Gasteiger partial charge >= 0.3 is 0 Å². The molecule has 5 rings (SSSR count). The summed E-state index contributed by atoms with van der Waals surface area (Å²) in [6.07, 6.45) is 1.43. The van der Waals surface area contributed by atoms with E-state index in [1.807, 2.05) is 13.0 Å². The molecule has 3 heterocycles. The summed E-state index contributed by atoms with van der Waals surface area (Å²) in [6, 6.07) is 14.4. The van der Waals surface area contributed by atoms with Crippen LogP contribution in [0.25, 0.3) is 11.0 Å². The molecule has 0 spiro atoms. The average molecular weight is 476 g/mol. The number of nitrogens with two attached hydrogens (primary N) is 1. The second-order valence-electron chi connectivity index (χ2n) is 7.91. The molecule has 0 aliphatic carbocycles. The van der Waals surface area contributed by atoms with E-state index in [0.29, 0.717) is 33.1 Å². The van der Waals surface area contributed by atoms with E-state index in [1.165, 1.54) is 11.1 Å². The van der Waals surface area contributed by atoms with Crippen LogP contribution in [-0.4, -0.2) is 23.4 Å². The number of pyridine rings is 1. The molecule has 0 bridgehead atoms. The maximum absolute atomic E-state index is 13.6. The lowest BCUT2D eigenvalue weighted by Crippen LogP contribution is -2.30. The van der Waals surface area contributed by atoms with Gasteiger partial charge in [-0.25, -0.2) is 4.98 Å². The summed E-state index contributed by atoms with van der Waals surface area (Å²) in [7, 11) is 0. The Morgan fingerprint density at radius 1 is 1.15 bits per heavy atom. The highest BCUT2D eigenvalue weighted by Crippen LogP contribution is 2.41. The zero-order valence-electron chi connectivity index (χ0n) is 17.9. The molecule has 0 radical (unpaired) electrons. The summed E-state index contributed by atoms with van der Waals surface area (Å²) in [5, 5.41) is 0.805. The Morgan fingerprint density at radius 3 is 2.59 bits per heavy atom. The zero-order valence-corrected chi connectivity index (χ0v) is 18.7. The topological polar surface area (TPSA) is 116 Å². The molecule has 2 aromatic heterocycles. The minimum Gasteiger partial charge on any atom is -0.484 e. The predicted molar refractivity (Wildman–Crippen MR) is 126 cm³/mol. The number of carbonyl (C=O) groups excluding carboxylic acids is 2.